The number of hydrogen-bond acceptors (Lipinski definition) is 34. The van der Waals surface area contributed by atoms with Crippen LogP contribution in [0.25, 0.3) is 0 Å². The van der Waals surface area contributed by atoms with Crippen LogP contribution < -0.4 is 21.3 Å². The summed E-state index contributed by atoms with van der Waals surface area (Å²) in [4.78, 5) is 92.1. The number of amides is 4. The third kappa shape index (κ3) is 31.6. The molecule has 0 radical (unpaired) electrons. The van der Waals surface area contributed by atoms with Crippen LogP contribution in [0.4, 0.5) is 0 Å². The summed E-state index contributed by atoms with van der Waals surface area (Å²) in [5.74, 6) is -20.6. The van der Waals surface area contributed by atoms with E-state index in [-0.39, 0.29) is 6.42 Å². The molecule has 5 aliphatic heterocycles. The lowest BCUT2D eigenvalue weighted by atomic mass is 9.86. The molecule has 0 aliphatic carbocycles. The summed E-state index contributed by atoms with van der Waals surface area (Å²) < 4.78 is 58.2. The SMILES string of the molecule is CCCCCCC=CCCCCCCCCCC(=O)N[C@@H](CO[C@@H]1O[C@H](CO)[C@@H](O[C@@H]2O[C@H](CO)[C@H](O)[C@H](O[C@]3(C(=O)O)C[C@H](O)[C@@H](NC(C)=O)C([C@H](O)[C@@H](CO)O[C@]4(C(=O)O)C[C@H](O)[C@@H](NC(C)=O)C([C@H](O)[C@@H](CO)O[C@]5(C(=O)O)C[C@H](O)[C@@H](NC(C)=O)C([C@H](O)[C@H](O)CO)O5)O4)O3)[C@H]2O)[C@H](O)[C@H]1O)[C@H](O)C=CCCCCCCCCCCCCC. The average Bonchev–Trinajstić information content (AvgIpc) is 0.750. The van der Waals surface area contributed by atoms with E-state index in [9.17, 15) is 136 Å². The minimum absolute atomic E-state index is 0.113. The molecule has 41 nitrogen and oxygen atoms in total. The molecule has 122 heavy (non-hydrogen) atoms. The first-order valence-corrected chi connectivity index (χ1v) is 43.0. The van der Waals surface area contributed by atoms with Crippen LogP contribution in [0.3, 0.4) is 0 Å². The summed E-state index contributed by atoms with van der Waals surface area (Å²) >= 11 is 0. The molecule has 0 aromatic carbocycles. The molecule has 4 amide bonds. The van der Waals surface area contributed by atoms with E-state index in [4.69, 9.17) is 47.4 Å². The Labute approximate surface area is 710 Å². The normalized spacial score (nSPS) is 32.8. The van der Waals surface area contributed by atoms with Gasteiger partial charge in [-0.25, -0.2) is 14.4 Å². The molecular weight excluding hydrogens is 1620 g/mol. The molecule has 5 heterocycles. The zero-order valence-electron chi connectivity index (χ0n) is 70.5. The van der Waals surface area contributed by atoms with Gasteiger partial charge in [0.25, 0.3) is 17.4 Å². The van der Waals surface area contributed by atoms with E-state index in [1.165, 1.54) is 70.3 Å². The zero-order valence-corrected chi connectivity index (χ0v) is 70.5. The second-order valence-electron chi connectivity index (χ2n) is 32.5. The van der Waals surface area contributed by atoms with Crippen LogP contribution in [0.5, 0.6) is 0 Å². The molecule has 0 bridgehead atoms. The Morgan fingerprint density at radius 3 is 1.24 bits per heavy atom. The van der Waals surface area contributed by atoms with Crippen LogP contribution in [0.15, 0.2) is 24.3 Å². The summed E-state index contributed by atoms with van der Waals surface area (Å²) in [5.41, 5.74) is 0. The molecule has 5 aliphatic rings. The minimum Gasteiger partial charge on any atom is -0.477 e. The number of nitrogens with one attached hydrogen (secondary N) is 4. The molecule has 5 rings (SSSR count). The number of carbonyl (C=O) groups excluding carboxylic acids is 4. The molecule has 0 saturated carbocycles. The van der Waals surface area contributed by atoms with Gasteiger partial charge in [-0.15, -0.1) is 0 Å². The van der Waals surface area contributed by atoms with Crippen molar-refractivity contribution >= 4 is 41.5 Å². The zero-order chi connectivity index (χ0) is 90.6. The van der Waals surface area contributed by atoms with E-state index in [1.807, 2.05) is 0 Å². The Morgan fingerprint density at radius 1 is 0.443 bits per heavy atom. The highest BCUT2D eigenvalue weighted by molar-refractivity contribution is 5.79. The van der Waals surface area contributed by atoms with Crippen molar-refractivity contribution in [1.82, 2.24) is 21.3 Å². The van der Waals surface area contributed by atoms with Crippen molar-refractivity contribution in [3.05, 3.63) is 24.3 Å². The van der Waals surface area contributed by atoms with Crippen molar-refractivity contribution in [3.63, 3.8) is 0 Å². The molecular formula is C81H140N4O37. The van der Waals surface area contributed by atoms with Crippen molar-refractivity contribution in [1.29, 1.82) is 0 Å². The van der Waals surface area contributed by atoms with Crippen molar-refractivity contribution < 1.29 is 183 Å². The highest BCUT2D eigenvalue weighted by Crippen LogP contribution is 2.43. The van der Waals surface area contributed by atoms with Crippen LogP contribution in [-0.4, -0.2) is 366 Å². The summed E-state index contributed by atoms with van der Waals surface area (Å²) in [5, 5.41) is 235. The second-order valence-corrected chi connectivity index (χ2v) is 32.5. The van der Waals surface area contributed by atoms with Gasteiger partial charge in [0.2, 0.25) is 23.6 Å². The van der Waals surface area contributed by atoms with Crippen LogP contribution in [0, 0.1) is 0 Å². The van der Waals surface area contributed by atoms with Crippen molar-refractivity contribution in [2.75, 3.05) is 39.6 Å². The van der Waals surface area contributed by atoms with Gasteiger partial charge in [0.05, 0.1) is 88.2 Å². The molecule has 3 unspecified atom stereocenters. The third-order valence-corrected chi connectivity index (χ3v) is 22.6. The Morgan fingerprint density at radius 2 is 0.828 bits per heavy atom. The highest BCUT2D eigenvalue weighted by atomic mass is 16.8. The topological polar surface area (TPSA) is 665 Å². The Balaban J connectivity index is 1.36. The molecule has 41 heteroatoms. The lowest BCUT2D eigenvalue weighted by Gasteiger charge is -2.51. The summed E-state index contributed by atoms with van der Waals surface area (Å²) in [6.07, 6.45) is -21.4. The number of aliphatic hydroxyl groups is 17. The number of carboxylic acid groups (broad SMARTS) is 3. The number of carboxylic acids is 3. The average molecular weight is 1760 g/mol. The van der Waals surface area contributed by atoms with Gasteiger partial charge in [-0.1, -0.05) is 154 Å². The number of rotatable bonds is 58. The van der Waals surface area contributed by atoms with E-state index in [2.05, 4.69) is 47.3 Å². The fourth-order valence-corrected chi connectivity index (χ4v) is 15.8. The lowest BCUT2D eigenvalue weighted by molar-refractivity contribution is -0.388. The molecule has 0 aromatic heterocycles. The van der Waals surface area contributed by atoms with E-state index in [0.717, 1.165) is 104 Å². The standard InChI is InChI=1S/C81H140N4O37/c1-6-8-10-12-14-16-18-20-21-23-25-27-29-31-33-35-58(99)85-48(49(94)34-32-30-28-26-24-22-19-17-15-13-11-9-7-2)44-113-74-67(105)66(104)69(57(43-90)115-74)116-75-68(106)73(63(101)54(40-87)114-75)122-81(78(111)112)38-52(97)61(84-47(5)93)72(121-81)65(103)56(42-89)118-80(77(109)110)37-51(96)60(83-46(4)92)71(120-80)64(102)55(41-88)117-79(76(107)108)36-50(95)59(82-45(3)91)70(119-79)62(100)53(98)39-86/h16,18,32,34,48-57,59-75,86-90,94-98,100-106H,6-15,17,19-31,33,35-44H2,1-5H3,(H,82,91)(H,83,92)(H,84,93)(H,85,99)(H,107,108)(H,109,110)(H,111,112)/t48-,49+,50-,51-,52-,53+,54+,55+,56+,57+,59+,60+,61+,62+,63-,64+,65+,66+,67+,68+,69+,70?,71?,72?,73-,74+,75-,79+,80+,81-/m0/s1. The maximum absolute atomic E-state index is 13.8. The third-order valence-electron chi connectivity index (χ3n) is 22.6. The molecule has 0 spiro atoms. The first-order chi connectivity index (χ1) is 58.0. The van der Waals surface area contributed by atoms with Gasteiger partial charge < -0.3 is 171 Å². The van der Waals surface area contributed by atoms with Crippen molar-refractivity contribution in [3.8, 4) is 0 Å². The first-order valence-electron chi connectivity index (χ1n) is 43.0. The number of ether oxygens (including phenoxy) is 10. The van der Waals surface area contributed by atoms with Gasteiger partial charge >= 0.3 is 17.9 Å². The molecule has 5 saturated heterocycles. The molecule has 706 valence electrons. The maximum atomic E-state index is 13.8. The van der Waals surface area contributed by atoms with E-state index >= 15 is 0 Å². The Bertz CT molecular complexity index is 3150. The number of unbranched alkanes of at least 4 members (excludes halogenated alkanes) is 22. The maximum Gasteiger partial charge on any atom is 0.364 e. The number of aliphatic carboxylic acids is 3. The number of hydrogen-bond donors (Lipinski definition) is 24. The molecule has 5 fully saturated rings. The number of aliphatic hydroxyl groups excluding tert-OH is 17. The highest BCUT2D eigenvalue weighted by Gasteiger charge is 2.64. The fraction of sp³-hybridized carbons (Fsp3) is 0.864. The predicted octanol–water partition coefficient (Wildman–Crippen LogP) is -2.71. The van der Waals surface area contributed by atoms with Crippen LogP contribution >= 0.6 is 0 Å². The van der Waals surface area contributed by atoms with Gasteiger partial charge in [0.15, 0.2) is 12.6 Å². The summed E-state index contributed by atoms with van der Waals surface area (Å²) in [6.45, 7) is -0.117. The van der Waals surface area contributed by atoms with E-state index < -0.39 is 283 Å². The molecule has 24 N–H and O–H groups in total. The minimum atomic E-state index is -3.58. The van der Waals surface area contributed by atoms with Gasteiger partial charge in [-0.3, -0.25) is 19.2 Å². The Kier molecular flexibility index (Phi) is 47.6. The van der Waals surface area contributed by atoms with Crippen LogP contribution in [0.1, 0.15) is 221 Å². The number of carbonyl (C=O) groups is 7. The predicted molar refractivity (Wildman–Crippen MR) is 424 cm³/mol. The first kappa shape index (κ1) is 107. The van der Waals surface area contributed by atoms with Crippen LogP contribution in [0.2, 0.25) is 0 Å². The van der Waals surface area contributed by atoms with Gasteiger partial charge in [0.1, 0.15) is 104 Å². The molecule has 30 atom stereocenters. The second kappa shape index (κ2) is 54.1. The lowest BCUT2D eigenvalue weighted by Crippen LogP contribution is -2.72. The largest absolute Gasteiger partial charge is 0.477 e. The quantitative estimate of drug-likeness (QED) is 0.0217. The smallest absolute Gasteiger partial charge is 0.364 e. The van der Waals surface area contributed by atoms with E-state index in [1.54, 1.807) is 6.08 Å². The number of allylic oxidation sites excluding steroid dienone is 3. The van der Waals surface area contributed by atoms with Crippen molar-refractivity contribution in [2.24, 2.45) is 0 Å². The monoisotopic (exact) mass is 1760 g/mol. The van der Waals surface area contributed by atoms with Gasteiger partial charge in [-0.05, 0) is 44.9 Å². The van der Waals surface area contributed by atoms with Crippen LogP contribution in [-0.2, 0) is 80.9 Å². The fourth-order valence-electron chi connectivity index (χ4n) is 15.8. The summed E-state index contributed by atoms with van der Waals surface area (Å²) in [7, 11) is 0. The van der Waals surface area contributed by atoms with Gasteiger partial charge in [-0.2, -0.15) is 0 Å². The molecule has 0 aromatic rings. The summed E-state index contributed by atoms with van der Waals surface area (Å²) in [6, 6.07) is -7.03. The van der Waals surface area contributed by atoms with Gasteiger partial charge in [0, 0.05) is 46.5 Å². The van der Waals surface area contributed by atoms with E-state index in [0.29, 0.717) is 12.8 Å². The Hall–Kier alpha value is -5.31. The van der Waals surface area contributed by atoms with Crippen molar-refractivity contribution in [2.45, 2.75) is 403 Å².